The smallest absolute Gasteiger partial charge is 0.119 e. The summed E-state index contributed by atoms with van der Waals surface area (Å²) in [7, 11) is 0. The Hall–Kier alpha value is -0.730. The molecule has 2 rings (SSSR count). The number of ether oxygens (including phenoxy) is 1. The molecule has 1 saturated heterocycles. The van der Waals surface area contributed by atoms with Crippen molar-refractivity contribution < 1.29 is 4.74 Å². The molecule has 0 aliphatic carbocycles. The van der Waals surface area contributed by atoms with Crippen LogP contribution in [0.1, 0.15) is 37.8 Å². The molecule has 0 bridgehead atoms. The van der Waals surface area contributed by atoms with Gasteiger partial charge < -0.3 is 10.1 Å². The molecule has 90 valence electrons. The van der Waals surface area contributed by atoms with Crippen LogP contribution in [0.4, 0.5) is 0 Å². The van der Waals surface area contributed by atoms with Crippen LogP contribution in [0, 0.1) is 0 Å². The van der Waals surface area contributed by atoms with Gasteiger partial charge in [-0.15, -0.1) is 12.4 Å². The summed E-state index contributed by atoms with van der Waals surface area (Å²) in [5.74, 6) is 0.969. The van der Waals surface area contributed by atoms with E-state index in [1.54, 1.807) is 0 Å². The van der Waals surface area contributed by atoms with Crippen molar-refractivity contribution in [1.82, 2.24) is 5.32 Å². The Morgan fingerprint density at radius 1 is 1.25 bits per heavy atom. The molecule has 0 amide bonds. The third kappa shape index (κ3) is 3.39. The Morgan fingerprint density at radius 2 is 2.00 bits per heavy atom. The maximum absolute atomic E-state index is 5.43. The molecular formula is C13H20ClNO. The van der Waals surface area contributed by atoms with Crippen LogP contribution in [-0.2, 0) is 0 Å². The van der Waals surface area contributed by atoms with Gasteiger partial charge in [-0.1, -0.05) is 18.6 Å². The van der Waals surface area contributed by atoms with Crippen LogP contribution in [0.3, 0.4) is 0 Å². The standard InChI is InChI=1S/C13H19NO.ClH/c1-2-15-12-8-6-11(7-9-12)13-5-3-4-10-14-13;/h6-9,13-14H,2-5,10H2,1H3;1H/t13-;/m0./s1. The van der Waals surface area contributed by atoms with E-state index in [2.05, 4.69) is 29.6 Å². The van der Waals surface area contributed by atoms with Crippen molar-refractivity contribution in [2.75, 3.05) is 13.2 Å². The van der Waals surface area contributed by atoms with Crippen molar-refractivity contribution in [2.24, 2.45) is 0 Å². The SMILES string of the molecule is CCOc1ccc([C@@H]2CCCCN2)cc1.Cl. The molecule has 1 aromatic rings. The van der Waals surface area contributed by atoms with Crippen LogP contribution < -0.4 is 10.1 Å². The Labute approximate surface area is 104 Å². The second kappa shape index (κ2) is 6.77. The lowest BCUT2D eigenvalue weighted by atomic mass is 9.98. The summed E-state index contributed by atoms with van der Waals surface area (Å²) < 4.78 is 5.43. The number of hydrogen-bond acceptors (Lipinski definition) is 2. The predicted molar refractivity (Wildman–Crippen MR) is 69.5 cm³/mol. The number of nitrogens with one attached hydrogen (secondary N) is 1. The lowest BCUT2D eigenvalue weighted by Crippen LogP contribution is -2.26. The summed E-state index contributed by atoms with van der Waals surface area (Å²) in [4.78, 5) is 0. The average Bonchev–Trinajstić information content (AvgIpc) is 2.32. The number of hydrogen-bond donors (Lipinski definition) is 1. The average molecular weight is 242 g/mol. The lowest BCUT2D eigenvalue weighted by Gasteiger charge is -2.23. The first kappa shape index (κ1) is 13.3. The van der Waals surface area contributed by atoms with Gasteiger partial charge in [-0.05, 0) is 44.0 Å². The van der Waals surface area contributed by atoms with E-state index in [4.69, 9.17) is 4.74 Å². The highest BCUT2D eigenvalue weighted by atomic mass is 35.5. The quantitative estimate of drug-likeness (QED) is 0.877. The molecule has 1 fully saturated rings. The van der Waals surface area contributed by atoms with Gasteiger partial charge in [0.05, 0.1) is 6.61 Å². The van der Waals surface area contributed by atoms with E-state index < -0.39 is 0 Å². The van der Waals surface area contributed by atoms with Crippen molar-refractivity contribution in [3.8, 4) is 5.75 Å². The van der Waals surface area contributed by atoms with Crippen molar-refractivity contribution in [2.45, 2.75) is 32.2 Å². The van der Waals surface area contributed by atoms with E-state index in [-0.39, 0.29) is 12.4 Å². The summed E-state index contributed by atoms with van der Waals surface area (Å²) in [5.41, 5.74) is 1.39. The van der Waals surface area contributed by atoms with Crippen molar-refractivity contribution in [3.05, 3.63) is 29.8 Å². The van der Waals surface area contributed by atoms with Crippen LogP contribution in [0.25, 0.3) is 0 Å². The number of benzene rings is 1. The third-order valence-electron chi connectivity index (χ3n) is 2.90. The maximum Gasteiger partial charge on any atom is 0.119 e. The molecule has 1 heterocycles. The molecule has 1 atom stereocenters. The molecule has 0 saturated carbocycles. The highest BCUT2D eigenvalue weighted by Gasteiger charge is 2.13. The van der Waals surface area contributed by atoms with Gasteiger partial charge in [-0.3, -0.25) is 0 Å². The van der Waals surface area contributed by atoms with Crippen LogP contribution in [0.2, 0.25) is 0 Å². The molecule has 1 aliphatic rings. The van der Waals surface area contributed by atoms with Gasteiger partial charge in [-0.25, -0.2) is 0 Å². The van der Waals surface area contributed by atoms with Crippen molar-refractivity contribution in [1.29, 1.82) is 0 Å². The van der Waals surface area contributed by atoms with E-state index in [9.17, 15) is 0 Å². The molecule has 0 spiro atoms. The molecule has 16 heavy (non-hydrogen) atoms. The van der Waals surface area contributed by atoms with Crippen molar-refractivity contribution in [3.63, 3.8) is 0 Å². The van der Waals surface area contributed by atoms with E-state index in [1.165, 1.54) is 24.8 Å². The fourth-order valence-electron chi connectivity index (χ4n) is 2.10. The Kier molecular flexibility index (Phi) is 5.64. The number of halogens is 1. The zero-order chi connectivity index (χ0) is 10.5. The molecular weight excluding hydrogens is 222 g/mol. The molecule has 3 heteroatoms. The topological polar surface area (TPSA) is 21.3 Å². The first-order chi connectivity index (χ1) is 7.40. The van der Waals surface area contributed by atoms with Gasteiger partial charge in [0, 0.05) is 6.04 Å². The van der Waals surface area contributed by atoms with Crippen LogP contribution in [0.15, 0.2) is 24.3 Å². The molecule has 1 aliphatic heterocycles. The minimum atomic E-state index is 0. The van der Waals surface area contributed by atoms with Gasteiger partial charge in [0.1, 0.15) is 5.75 Å². The summed E-state index contributed by atoms with van der Waals surface area (Å²) in [6, 6.07) is 9.03. The fourth-order valence-corrected chi connectivity index (χ4v) is 2.10. The molecule has 0 radical (unpaired) electrons. The summed E-state index contributed by atoms with van der Waals surface area (Å²) in [6.45, 7) is 3.90. The van der Waals surface area contributed by atoms with Gasteiger partial charge in [0.25, 0.3) is 0 Å². The Balaban J connectivity index is 0.00000128. The zero-order valence-electron chi connectivity index (χ0n) is 9.74. The molecule has 0 unspecified atom stereocenters. The predicted octanol–water partition coefficient (Wildman–Crippen LogP) is 3.32. The summed E-state index contributed by atoms with van der Waals surface area (Å²) in [6.07, 6.45) is 3.91. The van der Waals surface area contributed by atoms with E-state index >= 15 is 0 Å². The first-order valence-corrected chi connectivity index (χ1v) is 5.86. The van der Waals surface area contributed by atoms with E-state index in [1.807, 2.05) is 6.92 Å². The first-order valence-electron chi connectivity index (χ1n) is 5.86. The largest absolute Gasteiger partial charge is 0.494 e. The van der Waals surface area contributed by atoms with Crippen LogP contribution in [-0.4, -0.2) is 13.2 Å². The zero-order valence-corrected chi connectivity index (χ0v) is 10.6. The van der Waals surface area contributed by atoms with Crippen LogP contribution >= 0.6 is 12.4 Å². The fraction of sp³-hybridized carbons (Fsp3) is 0.538. The monoisotopic (exact) mass is 241 g/mol. The molecule has 1 aromatic carbocycles. The minimum absolute atomic E-state index is 0. The lowest BCUT2D eigenvalue weighted by molar-refractivity contribution is 0.339. The molecule has 0 aromatic heterocycles. The Morgan fingerprint density at radius 3 is 2.56 bits per heavy atom. The van der Waals surface area contributed by atoms with Gasteiger partial charge >= 0.3 is 0 Å². The third-order valence-corrected chi connectivity index (χ3v) is 2.90. The second-order valence-electron chi connectivity index (χ2n) is 4.00. The number of piperidine rings is 1. The van der Waals surface area contributed by atoms with E-state index in [0.717, 1.165) is 18.9 Å². The highest BCUT2D eigenvalue weighted by Crippen LogP contribution is 2.24. The summed E-state index contributed by atoms with van der Waals surface area (Å²) in [5, 5.41) is 3.55. The van der Waals surface area contributed by atoms with Crippen LogP contribution in [0.5, 0.6) is 5.75 Å². The molecule has 2 nitrogen and oxygen atoms in total. The van der Waals surface area contributed by atoms with Gasteiger partial charge in [0.15, 0.2) is 0 Å². The number of rotatable bonds is 3. The second-order valence-corrected chi connectivity index (χ2v) is 4.00. The van der Waals surface area contributed by atoms with Gasteiger partial charge in [0.2, 0.25) is 0 Å². The van der Waals surface area contributed by atoms with Gasteiger partial charge in [-0.2, -0.15) is 0 Å². The van der Waals surface area contributed by atoms with E-state index in [0.29, 0.717) is 6.04 Å². The Bertz CT molecular complexity index is 293. The summed E-state index contributed by atoms with van der Waals surface area (Å²) >= 11 is 0. The molecule has 1 N–H and O–H groups in total. The highest BCUT2D eigenvalue weighted by molar-refractivity contribution is 5.85. The normalized spacial score (nSPS) is 19.9. The maximum atomic E-state index is 5.43. The van der Waals surface area contributed by atoms with Crippen molar-refractivity contribution >= 4 is 12.4 Å². The minimum Gasteiger partial charge on any atom is -0.494 e.